The number of nitrogens with one attached hydrogen (secondary N) is 8. The summed E-state index contributed by atoms with van der Waals surface area (Å²) < 4.78 is 0. The fourth-order valence-electron chi connectivity index (χ4n) is 10.1. The second-order valence-electron chi connectivity index (χ2n) is 22.6. The summed E-state index contributed by atoms with van der Waals surface area (Å²) >= 11 is 0. The number of rotatable bonds is 30. The minimum atomic E-state index is -1.93. The second kappa shape index (κ2) is 32.6. The van der Waals surface area contributed by atoms with E-state index in [0.717, 1.165) is 17.4 Å². The monoisotopic (exact) mass is 1210 g/mol. The van der Waals surface area contributed by atoms with Crippen LogP contribution in [0.4, 0.5) is 0 Å². The maximum atomic E-state index is 14.1. The highest BCUT2D eigenvalue weighted by Crippen LogP contribution is 2.23. The van der Waals surface area contributed by atoms with E-state index in [1.54, 1.807) is 105 Å². The maximum Gasteiger partial charge on any atom is 0.326 e. The molecule has 2 aliphatic heterocycles. The quantitative estimate of drug-likeness (QED) is 0.0336. The van der Waals surface area contributed by atoms with Gasteiger partial charge in [0, 0.05) is 32.4 Å². The molecule has 87 heavy (non-hydrogen) atoms. The molecule has 27 heteroatoms. The van der Waals surface area contributed by atoms with Crippen molar-refractivity contribution in [2.45, 2.75) is 159 Å². The van der Waals surface area contributed by atoms with Gasteiger partial charge in [0.1, 0.15) is 54.4 Å². The molecule has 0 radical (unpaired) electrons. The van der Waals surface area contributed by atoms with Gasteiger partial charge in [0.05, 0.1) is 31.2 Å². The number of aliphatic carboxylic acids is 2. The van der Waals surface area contributed by atoms with Gasteiger partial charge in [-0.3, -0.25) is 52.7 Å². The lowest BCUT2D eigenvalue weighted by Crippen LogP contribution is -2.62. The van der Waals surface area contributed by atoms with Gasteiger partial charge >= 0.3 is 11.9 Å². The third-order valence-electron chi connectivity index (χ3n) is 14.9. The van der Waals surface area contributed by atoms with E-state index in [1.807, 2.05) is 0 Å². The fourth-order valence-corrected chi connectivity index (χ4v) is 10.1. The number of hydrogen-bond donors (Lipinski definition) is 13. The molecule has 14 N–H and O–H groups in total. The highest BCUT2D eigenvalue weighted by molar-refractivity contribution is 5.99. The Morgan fingerprint density at radius 2 is 1.05 bits per heavy atom. The van der Waals surface area contributed by atoms with Crippen LogP contribution in [0, 0.1) is 11.8 Å². The van der Waals surface area contributed by atoms with Gasteiger partial charge in [-0.15, -0.1) is 0 Å². The van der Waals surface area contributed by atoms with Crippen LogP contribution in [0.5, 0.6) is 0 Å². The standard InChI is InChI=1S/C60H81N11O16/c1-32(2)48(57(83)62-30-46(74)70-24-16-23-44(70)55(81)64-41(26-37-19-12-8-13-20-37)53(79)63-34(5)51(77)66-43(60(86)87)27-38-21-14-9-15-22-38)67-54(80)42(29-47(75)76)65-58(84)50(35(6)72)69-56(82)45-28-39(73)31-71(45)59(85)49(33(3)4)68-52(78)40(61)25-36-17-10-7-11-18-36/h7-15,17-22,32-35,39-45,48-50,72-73H,16,23-31,61H2,1-6H3,(H,62,83)(H,63,79)(H,64,81)(H,65,84)(H,66,77)(H,67,80)(H,68,78)(H,69,82)(H,75,76)(H,86,87)/t34-,35+,39+,40-,41-,42-,43-,44-,45-,48-,49-,50-/m0/s1. The molecule has 27 nitrogen and oxygen atoms in total. The van der Waals surface area contributed by atoms with Gasteiger partial charge in [-0.1, -0.05) is 119 Å². The Morgan fingerprint density at radius 3 is 1.57 bits per heavy atom. The highest BCUT2D eigenvalue weighted by atomic mass is 16.4. The molecule has 10 amide bonds. The second-order valence-corrected chi connectivity index (χ2v) is 22.6. The van der Waals surface area contributed by atoms with E-state index in [9.17, 15) is 78.0 Å². The van der Waals surface area contributed by atoms with Crippen LogP contribution in [0.3, 0.4) is 0 Å². The first-order chi connectivity index (χ1) is 41.1. The number of nitrogens with zero attached hydrogens (tertiary/aromatic N) is 2. The Morgan fingerprint density at radius 1 is 0.540 bits per heavy atom. The van der Waals surface area contributed by atoms with Crippen LogP contribution >= 0.6 is 0 Å². The number of nitrogens with two attached hydrogens (primary N) is 1. The molecular weight excluding hydrogens is 1130 g/mol. The average molecular weight is 1210 g/mol. The normalized spacial score (nSPS) is 18.7. The van der Waals surface area contributed by atoms with Gasteiger partial charge in [0.25, 0.3) is 0 Å². The van der Waals surface area contributed by atoms with E-state index in [1.165, 1.54) is 25.7 Å². The van der Waals surface area contributed by atoms with Gasteiger partial charge in [0.2, 0.25) is 59.1 Å². The van der Waals surface area contributed by atoms with Crippen LogP contribution in [0.25, 0.3) is 0 Å². The summed E-state index contributed by atoms with van der Waals surface area (Å²) in [6.45, 7) is 7.87. The molecule has 472 valence electrons. The van der Waals surface area contributed by atoms with Gasteiger partial charge in [-0.2, -0.15) is 0 Å². The Balaban J connectivity index is 1.20. The number of carbonyl (C=O) groups is 12. The molecule has 0 aliphatic carbocycles. The largest absolute Gasteiger partial charge is 0.481 e. The Labute approximate surface area is 503 Å². The predicted octanol–water partition coefficient (Wildman–Crippen LogP) is -2.22. The number of benzene rings is 3. The van der Waals surface area contributed by atoms with Crippen LogP contribution in [0.1, 0.15) is 83.9 Å². The average Bonchev–Trinajstić information content (AvgIpc) is 2.12. The summed E-state index contributed by atoms with van der Waals surface area (Å²) in [7, 11) is 0. The van der Waals surface area contributed by atoms with Crippen LogP contribution < -0.4 is 48.3 Å². The van der Waals surface area contributed by atoms with Crippen molar-refractivity contribution in [1.29, 1.82) is 0 Å². The van der Waals surface area contributed by atoms with Gasteiger partial charge in [0.15, 0.2) is 0 Å². The Kier molecular flexibility index (Phi) is 25.9. The number of β-amino-alcohol motifs (C(OH)–C–C–N with tert-alkyl or cyclic N) is 1. The molecular formula is C60H81N11O16. The number of carbonyl (C=O) groups excluding carboxylic acids is 10. The zero-order valence-corrected chi connectivity index (χ0v) is 49.5. The van der Waals surface area contributed by atoms with E-state index in [-0.39, 0.29) is 45.2 Å². The van der Waals surface area contributed by atoms with Crippen LogP contribution in [-0.2, 0) is 76.8 Å². The Bertz CT molecular complexity index is 2920. The zero-order valence-electron chi connectivity index (χ0n) is 49.5. The van der Waals surface area contributed by atoms with Crippen molar-refractivity contribution in [3.63, 3.8) is 0 Å². The SMILES string of the molecule is CC(C)[C@H](NC(=O)[C@H](CC(=O)O)NC(=O)[C@@H](NC(=O)[C@@H]1C[C@@H](O)CN1C(=O)[C@@H](NC(=O)[C@@H](N)Cc1ccccc1)C(C)C)[C@@H](C)O)C(=O)NCC(=O)N1CCC[C@H]1C(=O)N[C@@H](Cc1ccccc1)C(=O)N[C@@H](C)C(=O)N[C@@H](Cc1ccccc1)C(=O)O. The first-order valence-electron chi connectivity index (χ1n) is 28.8. The third-order valence-corrected chi connectivity index (χ3v) is 14.9. The number of hydrogen-bond acceptors (Lipinski definition) is 15. The number of carboxylic acid groups (broad SMARTS) is 2. The van der Waals surface area contributed by atoms with E-state index in [4.69, 9.17) is 5.73 Å². The molecule has 2 fully saturated rings. The summed E-state index contributed by atoms with van der Waals surface area (Å²) in [6.07, 6.45) is -3.67. The highest BCUT2D eigenvalue weighted by Gasteiger charge is 2.45. The first kappa shape index (κ1) is 69.0. The predicted molar refractivity (Wildman–Crippen MR) is 313 cm³/mol. The number of carboxylic acids is 2. The lowest BCUT2D eigenvalue weighted by atomic mass is 10.00. The lowest BCUT2D eigenvalue weighted by Gasteiger charge is -2.32. The third kappa shape index (κ3) is 20.4. The van der Waals surface area contributed by atoms with Crippen LogP contribution in [-0.4, -0.2) is 193 Å². The van der Waals surface area contributed by atoms with Crippen molar-refractivity contribution < 1.29 is 78.0 Å². The molecule has 0 bridgehead atoms. The summed E-state index contributed by atoms with van der Waals surface area (Å²) in [5, 5.41) is 60.9. The van der Waals surface area contributed by atoms with Gasteiger partial charge in [-0.25, -0.2) is 4.79 Å². The van der Waals surface area contributed by atoms with Crippen molar-refractivity contribution in [3.8, 4) is 0 Å². The molecule has 2 heterocycles. The number of likely N-dealkylation sites (tertiary alicyclic amines) is 2. The molecule has 5 rings (SSSR count). The van der Waals surface area contributed by atoms with E-state index in [2.05, 4.69) is 42.5 Å². The first-order valence-corrected chi connectivity index (χ1v) is 28.8. The smallest absolute Gasteiger partial charge is 0.326 e. The fraction of sp³-hybridized carbons (Fsp3) is 0.500. The summed E-state index contributed by atoms with van der Waals surface area (Å²) in [4.78, 5) is 164. The van der Waals surface area contributed by atoms with Crippen molar-refractivity contribution in [2.24, 2.45) is 17.6 Å². The van der Waals surface area contributed by atoms with Crippen LogP contribution in [0.15, 0.2) is 91.0 Å². The maximum absolute atomic E-state index is 14.1. The van der Waals surface area contributed by atoms with E-state index >= 15 is 0 Å². The molecule has 3 aromatic carbocycles. The van der Waals surface area contributed by atoms with E-state index < -0.39 is 168 Å². The number of aliphatic hydroxyl groups is 2. The molecule has 12 atom stereocenters. The van der Waals surface area contributed by atoms with Crippen LogP contribution in [0.2, 0.25) is 0 Å². The number of amides is 10. The molecule has 2 aliphatic rings. The lowest BCUT2D eigenvalue weighted by molar-refractivity contribution is -0.144. The number of aliphatic hydroxyl groups excluding tert-OH is 2. The molecule has 0 aromatic heterocycles. The van der Waals surface area contributed by atoms with Crippen molar-refractivity contribution in [2.75, 3.05) is 19.6 Å². The molecule has 0 spiro atoms. The van der Waals surface area contributed by atoms with Gasteiger partial charge < -0.3 is 78.5 Å². The summed E-state index contributed by atoms with van der Waals surface area (Å²) in [5.74, 6) is -12.9. The Hall–Kier alpha value is -8.82. The minimum Gasteiger partial charge on any atom is -0.481 e. The minimum absolute atomic E-state index is 0.0272. The summed E-state index contributed by atoms with van der Waals surface area (Å²) in [5.41, 5.74) is 8.25. The molecule has 0 unspecified atom stereocenters. The molecule has 3 aromatic rings. The van der Waals surface area contributed by atoms with Crippen molar-refractivity contribution in [1.82, 2.24) is 52.3 Å². The van der Waals surface area contributed by atoms with Crippen molar-refractivity contribution in [3.05, 3.63) is 108 Å². The summed E-state index contributed by atoms with van der Waals surface area (Å²) in [6, 6.07) is 12.3. The zero-order chi connectivity index (χ0) is 64.2. The van der Waals surface area contributed by atoms with E-state index in [0.29, 0.717) is 17.5 Å². The van der Waals surface area contributed by atoms with Gasteiger partial charge in [-0.05, 0) is 61.6 Å². The topological polar surface area (TPSA) is 414 Å². The molecule has 0 saturated carbocycles. The van der Waals surface area contributed by atoms with Crippen molar-refractivity contribution >= 4 is 71.0 Å². The molecule has 2 saturated heterocycles.